The maximum atomic E-state index is 5.90. The normalized spacial score (nSPS) is 15.4. The molecule has 1 saturated heterocycles. The van der Waals surface area contributed by atoms with Crippen LogP contribution in [0.5, 0.6) is 0 Å². The third-order valence-electron chi connectivity index (χ3n) is 4.02. The van der Waals surface area contributed by atoms with Crippen LogP contribution in [0.3, 0.4) is 0 Å². The first-order valence-corrected chi connectivity index (χ1v) is 7.42. The molecule has 4 N–H and O–H groups in total. The number of rotatable bonds is 4. The zero-order valence-electron chi connectivity index (χ0n) is 12.1. The predicted octanol–water partition coefficient (Wildman–Crippen LogP) is 1.95. The molecule has 0 unspecified atom stereocenters. The minimum atomic E-state index is 0.207. The molecule has 1 aliphatic heterocycles. The fourth-order valence-electron chi connectivity index (χ4n) is 2.78. The van der Waals surface area contributed by atoms with E-state index in [4.69, 9.17) is 11.5 Å². The van der Waals surface area contributed by atoms with Gasteiger partial charge in [0.1, 0.15) is 5.82 Å². The van der Waals surface area contributed by atoms with E-state index in [-0.39, 0.29) is 5.95 Å². The number of hydrogen-bond acceptors (Lipinski definition) is 5. The second-order valence-electron chi connectivity index (χ2n) is 5.52. The van der Waals surface area contributed by atoms with Crippen molar-refractivity contribution in [2.45, 2.75) is 19.3 Å². The summed E-state index contributed by atoms with van der Waals surface area (Å²) in [4.78, 5) is 10.5. The Morgan fingerprint density at radius 3 is 2.43 bits per heavy atom. The SMILES string of the molecule is Nc1ncc(-c2ccc(CCN3CCCC3)cc2)c(N)n1. The number of nitrogens with two attached hydrogens (primary N) is 2. The molecule has 5 nitrogen and oxygen atoms in total. The molecule has 1 aliphatic rings. The summed E-state index contributed by atoms with van der Waals surface area (Å²) >= 11 is 0. The van der Waals surface area contributed by atoms with E-state index in [1.165, 1.54) is 31.5 Å². The van der Waals surface area contributed by atoms with Crippen LogP contribution in [0.15, 0.2) is 30.5 Å². The Hall–Kier alpha value is -2.14. The van der Waals surface area contributed by atoms with Gasteiger partial charge in [-0.25, -0.2) is 4.98 Å². The molecule has 0 amide bonds. The van der Waals surface area contributed by atoms with Crippen molar-refractivity contribution in [1.82, 2.24) is 14.9 Å². The van der Waals surface area contributed by atoms with E-state index >= 15 is 0 Å². The Morgan fingerprint density at radius 2 is 1.76 bits per heavy atom. The summed E-state index contributed by atoms with van der Waals surface area (Å²) in [6.07, 6.45) is 5.45. The molecule has 1 aromatic carbocycles. The van der Waals surface area contributed by atoms with E-state index in [2.05, 4.69) is 39.1 Å². The van der Waals surface area contributed by atoms with Crippen LogP contribution in [0.2, 0.25) is 0 Å². The number of anilines is 2. The van der Waals surface area contributed by atoms with Crippen molar-refractivity contribution in [3.63, 3.8) is 0 Å². The fourth-order valence-corrected chi connectivity index (χ4v) is 2.78. The molecule has 5 heteroatoms. The molecule has 110 valence electrons. The van der Waals surface area contributed by atoms with Gasteiger partial charge in [-0.15, -0.1) is 0 Å². The largest absolute Gasteiger partial charge is 0.383 e. The van der Waals surface area contributed by atoms with Crippen LogP contribution in [0.1, 0.15) is 18.4 Å². The van der Waals surface area contributed by atoms with E-state index < -0.39 is 0 Å². The number of likely N-dealkylation sites (tertiary alicyclic amines) is 1. The highest BCUT2D eigenvalue weighted by Gasteiger charge is 2.11. The van der Waals surface area contributed by atoms with Gasteiger partial charge in [-0.1, -0.05) is 24.3 Å². The quantitative estimate of drug-likeness (QED) is 0.896. The minimum absolute atomic E-state index is 0.207. The first-order chi connectivity index (χ1) is 10.2. The summed E-state index contributed by atoms with van der Waals surface area (Å²) in [5.74, 6) is 0.630. The van der Waals surface area contributed by atoms with Gasteiger partial charge in [0.05, 0.1) is 0 Å². The van der Waals surface area contributed by atoms with Crippen LogP contribution in [0.25, 0.3) is 11.1 Å². The molecule has 0 bridgehead atoms. The topological polar surface area (TPSA) is 81.1 Å². The Morgan fingerprint density at radius 1 is 1.05 bits per heavy atom. The smallest absolute Gasteiger partial charge is 0.221 e. The van der Waals surface area contributed by atoms with Gasteiger partial charge in [-0.3, -0.25) is 0 Å². The van der Waals surface area contributed by atoms with Crippen molar-refractivity contribution < 1.29 is 0 Å². The molecule has 1 aromatic heterocycles. The number of nitrogens with zero attached hydrogens (tertiary/aromatic N) is 3. The Labute approximate surface area is 125 Å². The standard InChI is InChI=1S/C16H21N5/c17-15-14(11-19-16(18)20-15)13-5-3-12(4-6-13)7-10-21-8-1-2-9-21/h3-6,11H,1-2,7-10H2,(H4,17,18,19,20). The van der Waals surface area contributed by atoms with E-state index in [0.717, 1.165) is 24.1 Å². The van der Waals surface area contributed by atoms with Crippen LogP contribution in [0.4, 0.5) is 11.8 Å². The zero-order chi connectivity index (χ0) is 14.7. The van der Waals surface area contributed by atoms with Gasteiger partial charge in [-0.05, 0) is 43.5 Å². The lowest BCUT2D eigenvalue weighted by atomic mass is 10.0. The van der Waals surface area contributed by atoms with Gasteiger partial charge in [0.25, 0.3) is 0 Å². The van der Waals surface area contributed by atoms with Gasteiger partial charge in [-0.2, -0.15) is 4.98 Å². The molecule has 2 aromatic rings. The van der Waals surface area contributed by atoms with Crippen molar-refractivity contribution in [3.8, 4) is 11.1 Å². The predicted molar refractivity (Wildman–Crippen MR) is 85.7 cm³/mol. The molecule has 2 heterocycles. The Balaban J connectivity index is 1.68. The molecule has 21 heavy (non-hydrogen) atoms. The zero-order valence-corrected chi connectivity index (χ0v) is 12.1. The average Bonchev–Trinajstić information content (AvgIpc) is 2.99. The molecular formula is C16H21N5. The molecule has 1 fully saturated rings. The molecule has 0 atom stereocenters. The number of nitrogen functional groups attached to an aromatic ring is 2. The summed E-state index contributed by atoms with van der Waals surface area (Å²) in [6.45, 7) is 3.64. The lowest BCUT2D eigenvalue weighted by Crippen LogP contribution is -2.21. The summed E-state index contributed by atoms with van der Waals surface area (Å²) in [6, 6.07) is 8.46. The molecule has 0 saturated carbocycles. The van der Waals surface area contributed by atoms with Crippen molar-refractivity contribution in [2.24, 2.45) is 0 Å². The van der Waals surface area contributed by atoms with Crippen LogP contribution in [0, 0.1) is 0 Å². The molecular weight excluding hydrogens is 262 g/mol. The second kappa shape index (κ2) is 6.10. The second-order valence-corrected chi connectivity index (χ2v) is 5.52. The van der Waals surface area contributed by atoms with Crippen molar-refractivity contribution in [2.75, 3.05) is 31.1 Å². The summed E-state index contributed by atoms with van der Waals surface area (Å²) in [5, 5.41) is 0. The van der Waals surface area contributed by atoms with Crippen LogP contribution >= 0.6 is 0 Å². The third kappa shape index (κ3) is 3.31. The average molecular weight is 283 g/mol. The third-order valence-corrected chi connectivity index (χ3v) is 4.02. The Kier molecular flexibility index (Phi) is 4.01. The molecule has 0 spiro atoms. The summed E-state index contributed by atoms with van der Waals surface area (Å²) in [5.41, 5.74) is 14.6. The molecule has 0 radical (unpaired) electrons. The Bertz CT molecular complexity index is 603. The number of hydrogen-bond donors (Lipinski definition) is 2. The lowest BCUT2D eigenvalue weighted by Gasteiger charge is -2.14. The number of benzene rings is 1. The van der Waals surface area contributed by atoms with Crippen LogP contribution < -0.4 is 11.5 Å². The van der Waals surface area contributed by atoms with Crippen LogP contribution in [-0.2, 0) is 6.42 Å². The number of aromatic nitrogens is 2. The van der Waals surface area contributed by atoms with Crippen LogP contribution in [-0.4, -0.2) is 34.5 Å². The molecule has 3 rings (SSSR count). The van der Waals surface area contributed by atoms with Crippen molar-refractivity contribution in [3.05, 3.63) is 36.0 Å². The lowest BCUT2D eigenvalue weighted by molar-refractivity contribution is 0.343. The van der Waals surface area contributed by atoms with E-state index in [0.29, 0.717) is 5.82 Å². The first kappa shape index (κ1) is 13.8. The highest BCUT2D eigenvalue weighted by Crippen LogP contribution is 2.24. The minimum Gasteiger partial charge on any atom is -0.383 e. The van der Waals surface area contributed by atoms with Gasteiger partial charge < -0.3 is 16.4 Å². The van der Waals surface area contributed by atoms with Gasteiger partial charge in [0, 0.05) is 18.3 Å². The maximum absolute atomic E-state index is 5.90. The first-order valence-electron chi connectivity index (χ1n) is 7.42. The van der Waals surface area contributed by atoms with E-state index in [9.17, 15) is 0 Å². The van der Waals surface area contributed by atoms with E-state index in [1.807, 2.05) is 0 Å². The van der Waals surface area contributed by atoms with Gasteiger partial charge in [0.2, 0.25) is 5.95 Å². The van der Waals surface area contributed by atoms with Gasteiger partial charge >= 0.3 is 0 Å². The van der Waals surface area contributed by atoms with Gasteiger partial charge in [0.15, 0.2) is 0 Å². The highest BCUT2D eigenvalue weighted by molar-refractivity contribution is 5.73. The monoisotopic (exact) mass is 283 g/mol. The van der Waals surface area contributed by atoms with Crippen molar-refractivity contribution in [1.29, 1.82) is 0 Å². The highest BCUT2D eigenvalue weighted by atomic mass is 15.1. The van der Waals surface area contributed by atoms with Crippen molar-refractivity contribution >= 4 is 11.8 Å². The molecule has 0 aliphatic carbocycles. The van der Waals surface area contributed by atoms with E-state index in [1.54, 1.807) is 6.20 Å². The fraction of sp³-hybridized carbons (Fsp3) is 0.375. The maximum Gasteiger partial charge on any atom is 0.221 e. The summed E-state index contributed by atoms with van der Waals surface area (Å²) < 4.78 is 0. The summed E-state index contributed by atoms with van der Waals surface area (Å²) in [7, 11) is 0.